The van der Waals surface area contributed by atoms with Gasteiger partial charge in [0.25, 0.3) is 0 Å². The minimum atomic E-state index is -0.255. The molecule has 0 saturated carbocycles. The SMILES string of the molecule is CC1OC(=O)C=C1c1ccc(-c2ccccc2)cc1. The molecule has 0 N–H and O–H groups in total. The lowest BCUT2D eigenvalue weighted by atomic mass is 9.98. The van der Waals surface area contributed by atoms with Crippen LogP contribution in [-0.4, -0.2) is 12.1 Å². The van der Waals surface area contributed by atoms with E-state index in [1.165, 1.54) is 11.1 Å². The largest absolute Gasteiger partial charge is 0.455 e. The third kappa shape index (κ3) is 2.29. The zero-order chi connectivity index (χ0) is 13.2. The van der Waals surface area contributed by atoms with Crippen molar-refractivity contribution in [2.24, 2.45) is 0 Å². The molecule has 2 heteroatoms. The number of hydrogen-bond donors (Lipinski definition) is 0. The third-order valence-electron chi connectivity index (χ3n) is 3.33. The molecule has 1 heterocycles. The van der Waals surface area contributed by atoms with E-state index in [0.717, 1.165) is 11.1 Å². The number of hydrogen-bond acceptors (Lipinski definition) is 2. The van der Waals surface area contributed by atoms with E-state index < -0.39 is 0 Å². The lowest BCUT2D eigenvalue weighted by Gasteiger charge is -2.09. The molecule has 0 spiro atoms. The summed E-state index contributed by atoms with van der Waals surface area (Å²) < 4.78 is 5.11. The van der Waals surface area contributed by atoms with Gasteiger partial charge in [0, 0.05) is 11.6 Å². The van der Waals surface area contributed by atoms with Crippen molar-refractivity contribution < 1.29 is 9.53 Å². The average Bonchev–Trinajstić information content (AvgIpc) is 2.79. The van der Waals surface area contributed by atoms with E-state index >= 15 is 0 Å². The summed E-state index contributed by atoms with van der Waals surface area (Å²) in [7, 11) is 0. The van der Waals surface area contributed by atoms with E-state index in [0.29, 0.717) is 0 Å². The van der Waals surface area contributed by atoms with Crippen LogP contribution in [0.4, 0.5) is 0 Å². The molecule has 0 amide bonds. The van der Waals surface area contributed by atoms with Crippen LogP contribution in [-0.2, 0) is 9.53 Å². The van der Waals surface area contributed by atoms with Crippen molar-refractivity contribution in [3.63, 3.8) is 0 Å². The van der Waals surface area contributed by atoms with Gasteiger partial charge < -0.3 is 4.74 Å². The molecule has 3 rings (SSSR count). The molecule has 0 radical (unpaired) electrons. The molecule has 0 saturated heterocycles. The van der Waals surface area contributed by atoms with Gasteiger partial charge in [-0.15, -0.1) is 0 Å². The van der Waals surface area contributed by atoms with Crippen LogP contribution in [0.25, 0.3) is 16.7 Å². The van der Waals surface area contributed by atoms with Gasteiger partial charge in [-0.05, 0) is 23.6 Å². The Morgan fingerprint density at radius 3 is 2.00 bits per heavy atom. The maximum Gasteiger partial charge on any atom is 0.331 e. The Morgan fingerprint density at radius 1 is 0.842 bits per heavy atom. The van der Waals surface area contributed by atoms with Crippen molar-refractivity contribution in [3.8, 4) is 11.1 Å². The predicted molar refractivity (Wildman–Crippen MR) is 75.4 cm³/mol. The monoisotopic (exact) mass is 250 g/mol. The van der Waals surface area contributed by atoms with Gasteiger partial charge in [-0.25, -0.2) is 4.79 Å². The summed E-state index contributed by atoms with van der Waals surface area (Å²) in [5, 5.41) is 0. The van der Waals surface area contributed by atoms with Crippen LogP contribution in [0.5, 0.6) is 0 Å². The Balaban J connectivity index is 1.92. The topological polar surface area (TPSA) is 26.3 Å². The third-order valence-corrected chi connectivity index (χ3v) is 3.33. The van der Waals surface area contributed by atoms with Gasteiger partial charge in [0.2, 0.25) is 0 Å². The molecular formula is C17H14O2. The van der Waals surface area contributed by atoms with Crippen LogP contribution in [0.15, 0.2) is 60.7 Å². The molecule has 0 aliphatic carbocycles. The molecule has 0 bridgehead atoms. The minimum absolute atomic E-state index is 0.157. The van der Waals surface area contributed by atoms with Gasteiger partial charge in [-0.1, -0.05) is 54.6 Å². The van der Waals surface area contributed by atoms with Gasteiger partial charge in [0.15, 0.2) is 0 Å². The summed E-state index contributed by atoms with van der Waals surface area (Å²) in [5.74, 6) is -0.255. The van der Waals surface area contributed by atoms with Crippen LogP contribution in [0.2, 0.25) is 0 Å². The lowest BCUT2D eigenvalue weighted by Crippen LogP contribution is -2.05. The predicted octanol–water partition coefficient (Wildman–Crippen LogP) is 3.68. The molecule has 2 aromatic carbocycles. The zero-order valence-corrected chi connectivity index (χ0v) is 10.7. The number of carbonyl (C=O) groups is 1. The molecule has 1 aliphatic heterocycles. The number of esters is 1. The van der Waals surface area contributed by atoms with Crippen molar-refractivity contribution in [1.82, 2.24) is 0 Å². The van der Waals surface area contributed by atoms with Gasteiger partial charge in [-0.3, -0.25) is 0 Å². The van der Waals surface area contributed by atoms with Crippen LogP contribution >= 0.6 is 0 Å². The first kappa shape index (κ1) is 11.7. The second-order valence-electron chi connectivity index (χ2n) is 4.62. The highest BCUT2D eigenvalue weighted by molar-refractivity contribution is 5.97. The minimum Gasteiger partial charge on any atom is -0.455 e. The molecular weight excluding hydrogens is 236 g/mol. The standard InChI is InChI=1S/C17H14O2/c1-12-16(11-17(18)19-12)15-9-7-14(8-10-15)13-5-3-2-4-6-13/h2-12H,1H3. The molecule has 1 aliphatic rings. The Bertz CT molecular complexity index is 624. The normalized spacial score (nSPS) is 18.1. The summed E-state index contributed by atoms with van der Waals surface area (Å²) in [4.78, 5) is 11.2. The van der Waals surface area contributed by atoms with E-state index in [1.54, 1.807) is 6.08 Å². The lowest BCUT2D eigenvalue weighted by molar-refractivity contribution is -0.137. The van der Waals surface area contributed by atoms with Crippen LogP contribution in [0.1, 0.15) is 12.5 Å². The average molecular weight is 250 g/mol. The maximum atomic E-state index is 11.2. The van der Waals surface area contributed by atoms with Gasteiger partial charge in [-0.2, -0.15) is 0 Å². The highest BCUT2D eigenvalue weighted by atomic mass is 16.5. The summed E-state index contributed by atoms with van der Waals surface area (Å²) in [5.41, 5.74) is 4.35. The molecule has 0 aromatic heterocycles. The Kier molecular flexibility index (Phi) is 2.92. The molecule has 2 aromatic rings. The van der Waals surface area contributed by atoms with Gasteiger partial charge in [0.05, 0.1) is 0 Å². The molecule has 19 heavy (non-hydrogen) atoms. The van der Waals surface area contributed by atoms with Crippen LogP contribution in [0, 0.1) is 0 Å². The number of carbonyl (C=O) groups excluding carboxylic acids is 1. The highest BCUT2D eigenvalue weighted by Crippen LogP contribution is 2.28. The Morgan fingerprint density at radius 2 is 1.42 bits per heavy atom. The molecule has 1 atom stereocenters. The fourth-order valence-electron chi connectivity index (χ4n) is 2.32. The van der Waals surface area contributed by atoms with Crippen molar-refractivity contribution in [2.45, 2.75) is 13.0 Å². The number of ether oxygens (including phenoxy) is 1. The first-order valence-electron chi connectivity index (χ1n) is 6.32. The van der Waals surface area contributed by atoms with E-state index in [9.17, 15) is 4.79 Å². The number of cyclic esters (lactones) is 1. The number of rotatable bonds is 2. The Labute approximate surface area is 112 Å². The van der Waals surface area contributed by atoms with Gasteiger partial charge in [0.1, 0.15) is 6.10 Å². The first-order chi connectivity index (χ1) is 9.24. The van der Waals surface area contributed by atoms with E-state index in [-0.39, 0.29) is 12.1 Å². The highest BCUT2D eigenvalue weighted by Gasteiger charge is 2.22. The molecule has 2 nitrogen and oxygen atoms in total. The quantitative estimate of drug-likeness (QED) is 0.760. The fourth-order valence-corrected chi connectivity index (χ4v) is 2.32. The van der Waals surface area contributed by atoms with Crippen LogP contribution in [0.3, 0.4) is 0 Å². The van der Waals surface area contributed by atoms with E-state index in [4.69, 9.17) is 4.74 Å². The van der Waals surface area contributed by atoms with Crippen molar-refractivity contribution in [2.75, 3.05) is 0 Å². The summed E-state index contributed by atoms with van der Waals surface area (Å²) in [6.45, 7) is 1.89. The summed E-state index contributed by atoms with van der Waals surface area (Å²) >= 11 is 0. The second kappa shape index (κ2) is 4.73. The molecule has 0 fully saturated rings. The van der Waals surface area contributed by atoms with E-state index in [2.05, 4.69) is 24.3 Å². The molecule has 1 unspecified atom stereocenters. The van der Waals surface area contributed by atoms with E-state index in [1.807, 2.05) is 37.3 Å². The second-order valence-corrected chi connectivity index (χ2v) is 4.62. The van der Waals surface area contributed by atoms with Gasteiger partial charge >= 0.3 is 5.97 Å². The zero-order valence-electron chi connectivity index (χ0n) is 10.7. The summed E-state index contributed by atoms with van der Waals surface area (Å²) in [6.07, 6.45) is 1.41. The smallest absolute Gasteiger partial charge is 0.331 e. The number of benzene rings is 2. The summed E-state index contributed by atoms with van der Waals surface area (Å²) in [6, 6.07) is 18.4. The van der Waals surface area contributed by atoms with Crippen LogP contribution < -0.4 is 0 Å². The maximum absolute atomic E-state index is 11.2. The van der Waals surface area contributed by atoms with Crippen molar-refractivity contribution in [1.29, 1.82) is 0 Å². The van der Waals surface area contributed by atoms with Crippen molar-refractivity contribution >= 4 is 11.5 Å². The Hall–Kier alpha value is -2.35. The first-order valence-corrected chi connectivity index (χ1v) is 6.32. The van der Waals surface area contributed by atoms with Crippen molar-refractivity contribution in [3.05, 3.63) is 66.2 Å². The molecule has 94 valence electrons. The fraction of sp³-hybridized carbons (Fsp3) is 0.118.